The standard InChI is InChI=1S/C20H24N4O3S/c1-13-16-18(25)22-12-23-20(16)28-17(13)19(26)21-10-14-6-7-15(27-14)11-24-8-4-2-3-5-9-24/h6-7,12H,2-5,8-11H2,1H3,(H,21,26)(H,22,23,25). The fourth-order valence-electron chi connectivity index (χ4n) is 3.66. The zero-order valence-electron chi connectivity index (χ0n) is 15.9. The molecule has 1 aliphatic heterocycles. The van der Waals surface area contributed by atoms with Gasteiger partial charge in [-0.1, -0.05) is 12.8 Å². The minimum absolute atomic E-state index is 0.217. The number of carbonyl (C=O) groups is 1. The number of nitrogens with one attached hydrogen (secondary N) is 2. The number of rotatable bonds is 5. The van der Waals surface area contributed by atoms with Gasteiger partial charge in [0.05, 0.1) is 29.7 Å². The van der Waals surface area contributed by atoms with E-state index in [4.69, 9.17) is 4.42 Å². The van der Waals surface area contributed by atoms with Crippen LogP contribution in [0.15, 0.2) is 27.7 Å². The Morgan fingerprint density at radius 1 is 1.25 bits per heavy atom. The molecule has 0 bridgehead atoms. The predicted octanol–water partition coefficient (Wildman–Crippen LogP) is 3.19. The molecule has 3 aromatic heterocycles. The lowest BCUT2D eigenvalue weighted by Crippen LogP contribution is -2.23. The summed E-state index contributed by atoms with van der Waals surface area (Å²) in [7, 11) is 0. The molecule has 8 heteroatoms. The van der Waals surface area contributed by atoms with Crippen LogP contribution < -0.4 is 10.9 Å². The Labute approximate surface area is 166 Å². The topological polar surface area (TPSA) is 91.2 Å². The average Bonchev–Trinajstić information content (AvgIpc) is 3.17. The van der Waals surface area contributed by atoms with Gasteiger partial charge in [0.2, 0.25) is 0 Å². The fourth-order valence-corrected chi connectivity index (χ4v) is 4.73. The molecule has 4 heterocycles. The normalized spacial score (nSPS) is 15.6. The number of likely N-dealkylation sites (tertiary alicyclic amines) is 1. The number of nitrogens with zero attached hydrogens (tertiary/aromatic N) is 2. The number of aromatic amines is 1. The Kier molecular flexibility index (Phi) is 5.59. The van der Waals surface area contributed by atoms with Crippen LogP contribution in [0.5, 0.6) is 0 Å². The lowest BCUT2D eigenvalue weighted by Gasteiger charge is -2.17. The van der Waals surface area contributed by atoms with Gasteiger partial charge in [0.15, 0.2) is 0 Å². The Hall–Kier alpha value is -2.45. The minimum atomic E-state index is -0.220. The molecule has 2 N–H and O–H groups in total. The van der Waals surface area contributed by atoms with Crippen molar-refractivity contribution in [1.82, 2.24) is 20.2 Å². The van der Waals surface area contributed by atoms with Crippen molar-refractivity contribution in [2.75, 3.05) is 13.1 Å². The van der Waals surface area contributed by atoms with E-state index in [1.54, 1.807) is 6.92 Å². The molecule has 3 aromatic rings. The van der Waals surface area contributed by atoms with Crippen LogP contribution in [0.3, 0.4) is 0 Å². The highest BCUT2D eigenvalue weighted by Crippen LogP contribution is 2.26. The molecule has 148 valence electrons. The van der Waals surface area contributed by atoms with E-state index in [1.807, 2.05) is 12.1 Å². The highest BCUT2D eigenvalue weighted by atomic mass is 32.1. The van der Waals surface area contributed by atoms with Crippen molar-refractivity contribution >= 4 is 27.5 Å². The highest BCUT2D eigenvalue weighted by molar-refractivity contribution is 7.20. The summed E-state index contributed by atoms with van der Waals surface area (Å²) in [4.78, 5) is 34.8. The van der Waals surface area contributed by atoms with Crippen LogP contribution in [0.25, 0.3) is 10.2 Å². The van der Waals surface area contributed by atoms with Gasteiger partial charge in [0.25, 0.3) is 11.5 Å². The first-order valence-electron chi connectivity index (χ1n) is 9.67. The van der Waals surface area contributed by atoms with Gasteiger partial charge in [0, 0.05) is 0 Å². The van der Waals surface area contributed by atoms with Crippen molar-refractivity contribution in [3.63, 3.8) is 0 Å². The number of H-pyrrole nitrogens is 1. The van der Waals surface area contributed by atoms with Crippen LogP contribution >= 0.6 is 11.3 Å². The number of thiophene rings is 1. The predicted molar refractivity (Wildman–Crippen MR) is 109 cm³/mol. The molecule has 28 heavy (non-hydrogen) atoms. The van der Waals surface area contributed by atoms with E-state index < -0.39 is 0 Å². The highest BCUT2D eigenvalue weighted by Gasteiger charge is 2.18. The maximum atomic E-state index is 12.6. The zero-order chi connectivity index (χ0) is 19.5. The molecule has 0 atom stereocenters. The smallest absolute Gasteiger partial charge is 0.262 e. The molecule has 0 unspecified atom stereocenters. The minimum Gasteiger partial charge on any atom is -0.463 e. The SMILES string of the molecule is Cc1c(C(=O)NCc2ccc(CN3CCCCCC3)o2)sc2nc[nH]c(=O)c12. The van der Waals surface area contributed by atoms with Crippen molar-refractivity contribution < 1.29 is 9.21 Å². The van der Waals surface area contributed by atoms with Gasteiger partial charge >= 0.3 is 0 Å². The third-order valence-corrected chi connectivity index (χ3v) is 6.36. The molecule has 1 saturated heterocycles. The maximum absolute atomic E-state index is 12.6. The Morgan fingerprint density at radius 2 is 2.00 bits per heavy atom. The van der Waals surface area contributed by atoms with Gasteiger partial charge in [-0.3, -0.25) is 14.5 Å². The van der Waals surface area contributed by atoms with Gasteiger partial charge < -0.3 is 14.7 Å². The monoisotopic (exact) mass is 400 g/mol. The average molecular weight is 401 g/mol. The number of hydrogen-bond acceptors (Lipinski definition) is 6. The van der Waals surface area contributed by atoms with Gasteiger partial charge in [-0.05, 0) is 50.6 Å². The van der Waals surface area contributed by atoms with Crippen molar-refractivity contribution in [1.29, 1.82) is 0 Å². The molecular formula is C20H24N4O3S. The Balaban J connectivity index is 1.39. The molecule has 4 rings (SSSR count). The van der Waals surface area contributed by atoms with Crippen LogP contribution in [-0.4, -0.2) is 33.9 Å². The summed E-state index contributed by atoms with van der Waals surface area (Å²) < 4.78 is 5.90. The largest absolute Gasteiger partial charge is 0.463 e. The summed E-state index contributed by atoms with van der Waals surface area (Å²) in [5.74, 6) is 1.44. The molecule has 1 amide bonds. The van der Waals surface area contributed by atoms with E-state index in [9.17, 15) is 9.59 Å². The summed E-state index contributed by atoms with van der Waals surface area (Å²) >= 11 is 1.23. The van der Waals surface area contributed by atoms with Gasteiger partial charge in [-0.25, -0.2) is 4.98 Å². The number of aromatic nitrogens is 2. The second-order valence-corrected chi connectivity index (χ2v) is 8.21. The summed E-state index contributed by atoms with van der Waals surface area (Å²) in [6.45, 7) is 5.14. The number of amides is 1. The molecule has 0 aliphatic carbocycles. The molecular weight excluding hydrogens is 376 g/mol. The fraction of sp³-hybridized carbons (Fsp3) is 0.450. The van der Waals surface area contributed by atoms with Crippen LogP contribution in [0, 0.1) is 6.92 Å². The third kappa shape index (κ3) is 4.02. The molecule has 0 saturated carbocycles. The third-order valence-electron chi connectivity index (χ3n) is 5.16. The molecule has 7 nitrogen and oxygen atoms in total. The first-order chi connectivity index (χ1) is 13.6. The van der Waals surface area contributed by atoms with Crippen LogP contribution in [0.1, 0.15) is 52.4 Å². The second-order valence-electron chi connectivity index (χ2n) is 7.21. The summed E-state index contributed by atoms with van der Waals surface area (Å²) in [6.07, 6.45) is 6.47. The quantitative estimate of drug-likeness (QED) is 0.686. The Morgan fingerprint density at radius 3 is 2.75 bits per heavy atom. The van der Waals surface area contributed by atoms with E-state index in [0.29, 0.717) is 27.2 Å². The van der Waals surface area contributed by atoms with Crippen molar-refractivity contribution in [3.05, 3.63) is 50.8 Å². The van der Waals surface area contributed by atoms with Crippen molar-refractivity contribution in [2.24, 2.45) is 0 Å². The number of fused-ring (bicyclic) bond motifs is 1. The van der Waals surface area contributed by atoms with Crippen LogP contribution in [0.2, 0.25) is 0 Å². The number of hydrogen-bond donors (Lipinski definition) is 2. The number of aryl methyl sites for hydroxylation is 1. The molecule has 1 fully saturated rings. The van der Waals surface area contributed by atoms with Crippen LogP contribution in [-0.2, 0) is 13.1 Å². The van der Waals surface area contributed by atoms with Gasteiger partial charge in [0.1, 0.15) is 16.4 Å². The van der Waals surface area contributed by atoms with Crippen molar-refractivity contribution in [3.8, 4) is 0 Å². The zero-order valence-corrected chi connectivity index (χ0v) is 16.7. The van der Waals surface area contributed by atoms with Gasteiger partial charge in [-0.15, -0.1) is 11.3 Å². The first kappa shape index (κ1) is 18.9. The van der Waals surface area contributed by atoms with E-state index >= 15 is 0 Å². The molecule has 0 aromatic carbocycles. The lowest BCUT2D eigenvalue weighted by molar-refractivity contribution is 0.0951. The molecule has 0 radical (unpaired) electrons. The molecule has 0 spiro atoms. The van der Waals surface area contributed by atoms with Crippen molar-refractivity contribution in [2.45, 2.75) is 45.7 Å². The van der Waals surface area contributed by atoms with E-state index in [0.717, 1.165) is 31.2 Å². The van der Waals surface area contributed by atoms with E-state index in [-0.39, 0.29) is 11.5 Å². The summed E-state index contributed by atoms with van der Waals surface area (Å²) in [5, 5.41) is 3.37. The lowest BCUT2D eigenvalue weighted by atomic mass is 10.2. The second kappa shape index (κ2) is 8.28. The number of furan rings is 1. The van der Waals surface area contributed by atoms with Gasteiger partial charge in [-0.2, -0.15) is 0 Å². The maximum Gasteiger partial charge on any atom is 0.262 e. The van der Waals surface area contributed by atoms with E-state index in [1.165, 1.54) is 43.3 Å². The molecule has 1 aliphatic rings. The van der Waals surface area contributed by atoms with Crippen LogP contribution in [0.4, 0.5) is 0 Å². The number of carbonyl (C=O) groups excluding carboxylic acids is 1. The summed E-state index contributed by atoms with van der Waals surface area (Å²) in [5.41, 5.74) is 0.440. The Bertz CT molecular complexity index is 1030. The van der Waals surface area contributed by atoms with E-state index in [2.05, 4.69) is 20.2 Å². The first-order valence-corrected chi connectivity index (χ1v) is 10.5. The summed E-state index contributed by atoms with van der Waals surface area (Å²) in [6, 6.07) is 3.90.